The quantitative estimate of drug-likeness (QED) is 0.270. The third-order valence-electron chi connectivity index (χ3n) is 7.19. The molecule has 0 N–H and O–H groups in total. The molecule has 1 aliphatic heterocycles. The molecule has 1 amide bonds. The van der Waals surface area contributed by atoms with Gasteiger partial charge >= 0.3 is 6.18 Å². The Labute approximate surface area is 238 Å². The number of rotatable bonds is 5. The van der Waals surface area contributed by atoms with Gasteiger partial charge in [0.05, 0.1) is 30.4 Å². The Hall–Kier alpha value is -5.13. The number of halogens is 3. The number of carbonyl (C=O) groups is 1. The lowest BCUT2D eigenvalue weighted by Gasteiger charge is -2.29. The predicted octanol–water partition coefficient (Wildman–Crippen LogP) is 5.11. The summed E-state index contributed by atoms with van der Waals surface area (Å²) in [5.41, 5.74) is 2.63. The van der Waals surface area contributed by atoms with Gasteiger partial charge in [0.25, 0.3) is 0 Å². The minimum absolute atomic E-state index is 0.00985. The van der Waals surface area contributed by atoms with Crippen molar-refractivity contribution >= 4 is 23.0 Å². The Morgan fingerprint density at radius 2 is 1.79 bits per heavy atom. The summed E-state index contributed by atoms with van der Waals surface area (Å²) < 4.78 is 49.4. The van der Waals surface area contributed by atoms with Gasteiger partial charge in [0.15, 0.2) is 11.5 Å². The minimum atomic E-state index is -4.66. The molecule has 0 spiro atoms. The number of carbonyl (C=O) groups excluding carboxylic acids is 1. The van der Waals surface area contributed by atoms with Crippen molar-refractivity contribution in [2.24, 2.45) is 7.05 Å². The number of nitrogens with zero attached hydrogens (tertiary/aromatic N) is 7. The fourth-order valence-electron chi connectivity index (χ4n) is 5.26. The minimum Gasteiger partial charge on any atom is -0.480 e. The molecule has 0 aliphatic carbocycles. The van der Waals surface area contributed by atoms with Gasteiger partial charge in [-0.05, 0) is 30.2 Å². The molecule has 0 atom stereocenters. The zero-order chi connectivity index (χ0) is 29.4. The van der Waals surface area contributed by atoms with Crippen molar-refractivity contribution in [3.05, 3.63) is 89.8 Å². The van der Waals surface area contributed by atoms with E-state index in [0.717, 1.165) is 11.3 Å². The van der Waals surface area contributed by atoms with Crippen molar-refractivity contribution in [1.82, 2.24) is 34.4 Å². The van der Waals surface area contributed by atoms with Crippen molar-refractivity contribution in [3.8, 4) is 28.5 Å². The number of benzene rings is 1. The molecule has 0 fully saturated rings. The Kier molecular flexibility index (Phi) is 6.89. The number of aromatic nitrogens is 6. The molecule has 4 aromatic heterocycles. The number of aryl methyl sites for hydroxylation is 1. The second-order valence-electron chi connectivity index (χ2n) is 9.67. The van der Waals surface area contributed by atoms with Crippen LogP contribution in [0.5, 0.6) is 5.88 Å². The molecule has 0 bridgehead atoms. The molecule has 9 nitrogen and oxygen atoms in total. The fourth-order valence-corrected chi connectivity index (χ4v) is 5.26. The van der Waals surface area contributed by atoms with E-state index in [1.807, 2.05) is 41.9 Å². The smallest absolute Gasteiger partial charge is 0.433 e. The lowest BCUT2D eigenvalue weighted by atomic mass is 10.0. The Morgan fingerprint density at radius 1 is 1.02 bits per heavy atom. The molecule has 5 heterocycles. The molecule has 0 saturated heterocycles. The van der Waals surface area contributed by atoms with Gasteiger partial charge < -0.3 is 14.2 Å². The number of hydrogen-bond donors (Lipinski definition) is 0. The number of pyridine rings is 1. The maximum atomic E-state index is 14.0. The number of alkyl halides is 3. The van der Waals surface area contributed by atoms with Crippen LogP contribution in [0.4, 0.5) is 13.2 Å². The summed E-state index contributed by atoms with van der Waals surface area (Å²) in [6.07, 6.45) is 2.74. The Balaban J connectivity index is 1.38. The van der Waals surface area contributed by atoms with Gasteiger partial charge in [-0.25, -0.2) is 19.9 Å². The van der Waals surface area contributed by atoms with E-state index in [2.05, 4.69) is 24.9 Å². The van der Waals surface area contributed by atoms with E-state index < -0.39 is 11.9 Å². The molecule has 0 saturated carbocycles. The topological polar surface area (TPSA) is 98.9 Å². The number of amides is 1. The lowest BCUT2D eigenvalue weighted by molar-refractivity contribution is -0.142. The number of hydrogen-bond acceptors (Lipinski definition) is 7. The van der Waals surface area contributed by atoms with Crippen LogP contribution in [0.15, 0.2) is 67.3 Å². The number of methoxy groups -OCH3 is 1. The van der Waals surface area contributed by atoms with E-state index in [1.165, 1.54) is 36.8 Å². The van der Waals surface area contributed by atoms with E-state index in [1.54, 1.807) is 18.2 Å². The third kappa shape index (κ3) is 4.84. The van der Waals surface area contributed by atoms with Crippen molar-refractivity contribution in [3.63, 3.8) is 0 Å². The summed E-state index contributed by atoms with van der Waals surface area (Å²) >= 11 is 0. The van der Waals surface area contributed by atoms with Crippen LogP contribution in [0.25, 0.3) is 39.8 Å². The standard InChI is InChI=1S/C30H24F3N7O2/c1-39-25(18-6-4-3-5-7-18)21(24-28(39)35-17-36-29(24)42-2)8-9-23(41)40-15-12-20-22(16-40)37-27(19-10-13-34-14-11-19)38-26(20)30(31,32)33/h3-11,13-14,17H,12,15-16H2,1-2H3/b9-8+. The van der Waals surface area contributed by atoms with E-state index in [4.69, 9.17) is 4.74 Å². The number of ether oxygens (including phenoxy) is 1. The number of fused-ring (bicyclic) bond motifs is 2. The highest BCUT2D eigenvalue weighted by atomic mass is 19.4. The fraction of sp³-hybridized carbons (Fsp3) is 0.200. The van der Waals surface area contributed by atoms with Gasteiger partial charge in [-0.15, -0.1) is 0 Å². The van der Waals surface area contributed by atoms with Crippen LogP contribution in [0.2, 0.25) is 0 Å². The predicted molar refractivity (Wildman–Crippen MR) is 149 cm³/mol. The van der Waals surface area contributed by atoms with Crippen molar-refractivity contribution in [1.29, 1.82) is 0 Å². The Bertz CT molecular complexity index is 1820. The molecule has 1 aromatic carbocycles. The molecule has 0 unspecified atom stereocenters. The first-order chi connectivity index (χ1) is 20.3. The van der Waals surface area contributed by atoms with Crippen LogP contribution in [0, 0.1) is 0 Å². The van der Waals surface area contributed by atoms with Crippen LogP contribution < -0.4 is 4.74 Å². The maximum absolute atomic E-state index is 14.0. The van der Waals surface area contributed by atoms with Gasteiger partial charge in [0.1, 0.15) is 12.0 Å². The highest BCUT2D eigenvalue weighted by molar-refractivity contribution is 6.02. The average molecular weight is 572 g/mol. The van der Waals surface area contributed by atoms with Gasteiger partial charge in [-0.3, -0.25) is 9.78 Å². The first kappa shape index (κ1) is 27.1. The highest BCUT2D eigenvalue weighted by Crippen LogP contribution is 2.38. The summed E-state index contributed by atoms with van der Waals surface area (Å²) in [5.74, 6) is -0.0782. The van der Waals surface area contributed by atoms with Crippen LogP contribution in [0.1, 0.15) is 22.5 Å². The molecule has 0 radical (unpaired) electrons. The van der Waals surface area contributed by atoms with Crippen LogP contribution in [-0.4, -0.2) is 53.9 Å². The summed E-state index contributed by atoms with van der Waals surface area (Å²) in [5, 5.41) is 0.638. The molecule has 42 heavy (non-hydrogen) atoms. The summed E-state index contributed by atoms with van der Waals surface area (Å²) in [4.78, 5) is 35.8. The van der Waals surface area contributed by atoms with E-state index >= 15 is 0 Å². The van der Waals surface area contributed by atoms with Crippen molar-refractivity contribution in [2.45, 2.75) is 19.1 Å². The second-order valence-corrected chi connectivity index (χ2v) is 9.67. The molecule has 5 aromatic rings. The van der Waals surface area contributed by atoms with Gasteiger partial charge in [-0.1, -0.05) is 30.3 Å². The molecular weight excluding hydrogens is 547 g/mol. The Morgan fingerprint density at radius 3 is 2.50 bits per heavy atom. The van der Waals surface area contributed by atoms with Gasteiger partial charge in [0, 0.05) is 48.8 Å². The van der Waals surface area contributed by atoms with E-state index in [-0.39, 0.29) is 42.5 Å². The zero-order valence-corrected chi connectivity index (χ0v) is 22.6. The highest BCUT2D eigenvalue weighted by Gasteiger charge is 2.39. The first-order valence-corrected chi connectivity index (χ1v) is 13.0. The summed E-state index contributed by atoms with van der Waals surface area (Å²) in [6, 6.07) is 12.7. The first-order valence-electron chi connectivity index (χ1n) is 13.0. The molecule has 212 valence electrons. The normalized spacial score (nSPS) is 13.5. The van der Waals surface area contributed by atoms with Gasteiger partial charge in [0.2, 0.25) is 11.8 Å². The molecule has 1 aliphatic rings. The molecular formula is C30H24F3N7O2. The molecule has 6 rings (SSSR count). The van der Waals surface area contributed by atoms with Crippen molar-refractivity contribution in [2.75, 3.05) is 13.7 Å². The monoisotopic (exact) mass is 571 g/mol. The van der Waals surface area contributed by atoms with Crippen LogP contribution in [-0.2, 0) is 31.0 Å². The summed E-state index contributed by atoms with van der Waals surface area (Å²) in [7, 11) is 3.38. The average Bonchev–Trinajstić information content (AvgIpc) is 3.30. The largest absolute Gasteiger partial charge is 0.480 e. The van der Waals surface area contributed by atoms with Crippen LogP contribution in [0.3, 0.4) is 0 Å². The van der Waals surface area contributed by atoms with E-state index in [0.29, 0.717) is 28.0 Å². The van der Waals surface area contributed by atoms with Gasteiger partial charge in [-0.2, -0.15) is 13.2 Å². The van der Waals surface area contributed by atoms with Crippen LogP contribution >= 0.6 is 0 Å². The SMILES string of the molecule is COc1ncnc2c1c(/C=C/C(=O)N1CCc3c(nc(-c4ccncc4)nc3C(F)(F)F)C1)c(-c1ccccc1)n2C. The summed E-state index contributed by atoms with van der Waals surface area (Å²) in [6.45, 7) is 0.000428. The molecule has 12 heteroatoms. The second kappa shape index (κ2) is 10.7. The zero-order valence-electron chi connectivity index (χ0n) is 22.6. The lowest BCUT2D eigenvalue weighted by Crippen LogP contribution is -2.37. The third-order valence-corrected chi connectivity index (χ3v) is 7.19. The van der Waals surface area contributed by atoms with Crippen molar-refractivity contribution < 1.29 is 22.7 Å². The van der Waals surface area contributed by atoms with E-state index in [9.17, 15) is 18.0 Å². The maximum Gasteiger partial charge on any atom is 0.433 e.